The summed E-state index contributed by atoms with van der Waals surface area (Å²) in [5.41, 5.74) is 3.93. The Morgan fingerprint density at radius 3 is 2.76 bits per heavy atom. The van der Waals surface area contributed by atoms with E-state index in [2.05, 4.69) is 25.6 Å². The van der Waals surface area contributed by atoms with Gasteiger partial charge in [0.25, 0.3) is 0 Å². The first-order valence-corrected chi connectivity index (χ1v) is 6.72. The third kappa shape index (κ3) is 1.78. The number of hydrogen-bond acceptors (Lipinski definition) is 5. The van der Waals surface area contributed by atoms with Crippen LogP contribution < -0.4 is 0 Å². The zero-order valence-electron chi connectivity index (χ0n) is 11.3. The van der Waals surface area contributed by atoms with Crippen molar-refractivity contribution in [3.63, 3.8) is 0 Å². The van der Waals surface area contributed by atoms with Gasteiger partial charge in [-0.3, -0.25) is 0 Å². The lowest BCUT2D eigenvalue weighted by Gasteiger charge is -2.07. The lowest BCUT2D eigenvalue weighted by Crippen LogP contribution is -2.07. The molecule has 0 spiro atoms. The molecule has 7 nitrogen and oxygen atoms in total. The molecular formula is C13H10ClN7. The van der Waals surface area contributed by atoms with Gasteiger partial charge in [0.05, 0.1) is 16.7 Å². The number of aromatic nitrogens is 7. The summed E-state index contributed by atoms with van der Waals surface area (Å²) in [6.07, 6.45) is 0. The largest absolute Gasteiger partial charge is 0.224 e. The Balaban J connectivity index is 2.16. The average Bonchev–Trinajstić information content (AvgIpc) is 3.04. The maximum atomic E-state index is 6.05. The third-order valence-electron chi connectivity index (χ3n) is 3.27. The molecule has 0 bridgehead atoms. The Morgan fingerprint density at radius 1 is 1.14 bits per heavy atom. The van der Waals surface area contributed by atoms with E-state index in [0.717, 1.165) is 16.9 Å². The first-order valence-electron chi connectivity index (χ1n) is 6.34. The van der Waals surface area contributed by atoms with Crippen LogP contribution in [0.15, 0.2) is 24.3 Å². The Kier molecular flexibility index (Phi) is 2.46. The third-order valence-corrected chi connectivity index (χ3v) is 3.51. The second-order valence-electron chi connectivity index (χ2n) is 4.82. The molecule has 1 aromatic carbocycles. The van der Waals surface area contributed by atoms with E-state index in [1.165, 1.54) is 0 Å². The van der Waals surface area contributed by atoms with Gasteiger partial charge in [-0.15, -0.1) is 5.10 Å². The van der Waals surface area contributed by atoms with Crippen molar-refractivity contribution in [2.45, 2.75) is 13.8 Å². The van der Waals surface area contributed by atoms with Gasteiger partial charge in [-0.05, 0) is 48.5 Å². The minimum absolute atomic E-state index is 0.552. The van der Waals surface area contributed by atoms with E-state index in [0.29, 0.717) is 22.0 Å². The number of benzene rings is 1. The van der Waals surface area contributed by atoms with Crippen LogP contribution in [0.25, 0.3) is 22.5 Å². The second-order valence-corrected chi connectivity index (χ2v) is 5.26. The lowest BCUT2D eigenvalue weighted by molar-refractivity contribution is 0.803. The molecule has 0 aliphatic carbocycles. The molecule has 4 aromatic rings. The first-order chi connectivity index (χ1) is 10.1. The number of aryl methyl sites for hydroxylation is 2. The van der Waals surface area contributed by atoms with Crippen molar-refractivity contribution in [2.24, 2.45) is 0 Å². The first kappa shape index (κ1) is 12.2. The quantitative estimate of drug-likeness (QED) is 0.538. The van der Waals surface area contributed by atoms with Crippen molar-refractivity contribution in [1.82, 2.24) is 34.8 Å². The van der Waals surface area contributed by atoms with Gasteiger partial charge in [-0.25, -0.2) is 9.67 Å². The lowest BCUT2D eigenvalue weighted by atomic mass is 10.3. The highest BCUT2D eigenvalue weighted by Crippen LogP contribution is 2.22. The highest BCUT2D eigenvalue weighted by molar-refractivity contribution is 6.31. The highest BCUT2D eigenvalue weighted by Gasteiger charge is 2.15. The predicted molar refractivity (Wildman–Crippen MR) is 77.7 cm³/mol. The minimum atomic E-state index is 0.552. The van der Waals surface area contributed by atoms with E-state index in [1.807, 2.05) is 26.0 Å². The summed E-state index contributed by atoms with van der Waals surface area (Å²) in [5, 5.41) is 16.9. The van der Waals surface area contributed by atoms with Gasteiger partial charge in [0, 0.05) is 10.7 Å². The fourth-order valence-corrected chi connectivity index (χ4v) is 2.57. The zero-order valence-corrected chi connectivity index (χ0v) is 12.1. The van der Waals surface area contributed by atoms with E-state index in [4.69, 9.17) is 11.6 Å². The van der Waals surface area contributed by atoms with E-state index < -0.39 is 0 Å². The number of hydrogen-bond donors (Lipinski definition) is 0. The molecule has 21 heavy (non-hydrogen) atoms. The summed E-state index contributed by atoms with van der Waals surface area (Å²) in [6, 6.07) is 7.39. The predicted octanol–water partition coefficient (Wildman–Crippen LogP) is 2.13. The molecule has 0 N–H and O–H groups in total. The summed E-state index contributed by atoms with van der Waals surface area (Å²) in [4.78, 5) is 4.63. The SMILES string of the molecule is Cc1cc(C)n(-c2nc3cc(Cl)ccc3n3nnnc23)n1. The number of halogens is 1. The highest BCUT2D eigenvalue weighted by atomic mass is 35.5. The van der Waals surface area contributed by atoms with Crippen molar-refractivity contribution in [1.29, 1.82) is 0 Å². The van der Waals surface area contributed by atoms with Crippen molar-refractivity contribution >= 4 is 28.3 Å². The van der Waals surface area contributed by atoms with Crippen LogP contribution in [0.5, 0.6) is 0 Å². The molecule has 104 valence electrons. The molecule has 0 saturated heterocycles. The minimum Gasteiger partial charge on any atom is -0.223 e. The average molecular weight is 300 g/mol. The van der Waals surface area contributed by atoms with Crippen molar-refractivity contribution in [3.05, 3.63) is 40.7 Å². The molecule has 0 saturated carbocycles. The fourth-order valence-electron chi connectivity index (χ4n) is 2.40. The maximum absolute atomic E-state index is 6.05. The number of nitrogens with zero attached hydrogens (tertiary/aromatic N) is 7. The van der Waals surface area contributed by atoms with E-state index in [9.17, 15) is 0 Å². The summed E-state index contributed by atoms with van der Waals surface area (Å²) >= 11 is 6.05. The van der Waals surface area contributed by atoms with Crippen molar-refractivity contribution < 1.29 is 0 Å². The standard InChI is InChI=1S/C13H10ClN7/c1-7-5-8(2)20(17-7)12-13-16-18-19-21(13)11-4-3-9(14)6-10(11)15-12/h3-6H,1-2H3. The summed E-state index contributed by atoms with van der Waals surface area (Å²) < 4.78 is 3.38. The Bertz CT molecular complexity index is 985. The zero-order chi connectivity index (χ0) is 14.6. The summed E-state index contributed by atoms with van der Waals surface area (Å²) in [7, 11) is 0. The number of rotatable bonds is 1. The molecule has 0 fully saturated rings. The number of fused-ring (bicyclic) bond motifs is 3. The van der Waals surface area contributed by atoms with Gasteiger partial charge in [-0.2, -0.15) is 9.61 Å². The number of tetrazole rings is 1. The van der Waals surface area contributed by atoms with E-state index in [-0.39, 0.29) is 0 Å². The van der Waals surface area contributed by atoms with Crippen LogP contribution in [0.2, 0.25) is 5.02 Å². The molecule has 0 amide bonds. The van der Waals surface area contributed by atoms with Gasteiger partial charge in [-0.1, -0.05) is 11.6 Å². The molecule has 0 unspecified atom stereocenters. The van der Waals surface area contributed by atoms with Crippen LogP contribution in [0.1, 0.15) is 11.4 Å². The van der Waals surface area contributed by atoms with Crippen LogP contribution in [0.4, 0.5) is 0 Å². The van der Waals surface area contributed by atoms with Gasteiger partial charge < -0.3 is 0 Å². The van der Waals surface area contributed by atoms with Crippen LogP contribution in [0, 0.1) is 13.8 Å². The van der Waals surface area contributed by atoms with Crippen LogP contribution in [0.3, 0.4) is 0 Å². The van der Waals surface area contributed by atoms with E-state index in [1.54, 1.807) is 21.3 Å². The second kappa shape index (κ2) is 4.23. The van der Waals surface area contributed by atoms with Gasteiger partial charge in [0.2, 0.25) is 11.5 Å². The Hall–Kier alpha value is -2.54. The summed E-state index contributed by atoms with van der Waals surface area (Å²) in [5.74, 6) is 0.584. The normalized spacial score (nSPS) is 11.6. The molecule has 3 aromatic heterocycles. The topological polar surface area (TPSA) is 73.8 Å². The van der Waals surface area contributed by atoms with Crippen LogP contribution in [-0.4, -0.2) is 34.8 Å². The van der Waals surface area contributed by atoms with Crippen molar-refractivity contribution in [2.75, 3.05) is 0 Å². The molecule has 0 aliphatic rings. The molecule has 0 aliphatic heterocycles. The van der Waals surface area contributed by atoms with Gasteiger partial charge >= 0.3 is 0 Å². The monoisotopic (exact) mass is 299 g/mol. The van der Waals surface area contributed by atoms with Crippen LogP contribution >= 0.6 is 11.6 Å². The van der Waals surface area contributed by atoms with Gasteiger partial charge in [0.1, 0.15) is 0 Å². The molecule has 0 radical (unpaired) electrons. The van der Waals surface area contributed by atoms with Crippen LogP contribution in [-0.2, 0) is 0 Å². The Labute approximate surface area is 124 Å². The molecule has 8 heteroatoms. The smallest absolute Gasteiger partial charge is 0.223 e. The fraction of sp³-hybridized carbons (Fsp3) is 0.154. The Morgan fingerprint density at radius 2 is 2.00 bits per heavy atom. The van der Waals surface area contributed by atoms with E-state index >= 15 is 0 Å². The summed E-state index contributed by atoms with van der Waals surface area (Å²) in [6.45, 7) is 3.89. The molecular weight excluding hydrogens is 290 g/mol. The maximum Gasteiger partial charge on any atom is 0.224 e. The molecule has 3 heterocycles. The molecule has 0 atom stereocenters. The van der Waals surface area contributed by atoms with Crippen molar-refractivity contribution in [3.8, 4) is 5.82 Å². The van der Waals surface area contributed by atoms with Gasteiger partial charge in [0.15, 0.2) is 0 Å². The molecule has 4 rings (SSSR count).